The average molecular weight is 271 g/mol. The first kappa shape index (κ1) is 12.7. The van der Waals surface area contributed by atoms with Gasteiger partial charge in [0.25, 0.3) is 0 Å². The van der Waals surface area contributed by atoms with Crippen LogP contribution in [0.15, 0.2) is 36.5 Å². The lowest BCUT2D eigenvalue weighted by molar-refractivity contribution is 0.121. The average Bonchev–Trinajstić information content (AvgIpc) is 2.54. The number of carbonyl (C=O) groups excluding carboxylic acids is 1. The number of methoxy groups -OCH3 is 1. The monoisotopic (exact) mass is 271 g/mol. The fraction of sp³-hybridized carbons (Fsp3) is 0.333. The van der Waals surface area contributed by atoms with E-state index in [1.165, 1.54) is 7.11 Å². The quantitative estimate of drug-likeness (QED) is 0.797. The molecular weight excluding hydrogens is 254 g/mol. The summed E-state index contributed by atoms with van der Waals surface area (Å²) in [6.07, 6.45) is 1.57. The van der Waals surface area contributed by atoms with Gasteiger partial charge in [0.1, 0.15) is 0 Å². The summed E-state index contributed by atoms with van der Waals surface area (Å²) in [4.78, 5) is 20.0. The molecule has 0 radical (unpaired) electrons. The predicted octanol–water partition coefficient (Wildman–Crippen LogP) is 2.12. The second-order valence-electron chi connectivity index (χ2n) is 4.80. The van der Waals surface area contributed by atoms with Gasteiger partial charge in [-0.25, -0.2) is 4.79 Å². The topological polar surface area (TPSA) is 45.7 Å². The third-order valence-electron chi connectivity index (χ3n) is 3.66. The number of amides is 1. The van der Waals surface area contributed by atoms with Crippen molar-refractivity contribution >= 4 is 22.7 Å². The van der Waals surface area contributed by atoms with Crippen LogP contribution in [0.5, 0.6) is 0 Å². The van der Waals surface area contributed by atoms with Gasteiger partial charge >= 0.3 is 6.09 Å². The van der Waals surface area contributed by atoms with Crippen molar-refractivity contribution in [2.75, 3.05) is 38.2 Å². The minimum atomic E-state index is -0.249. The molecule has 104 valence electrons. The SMILES string of the molecule is COC(=O)N1CCN(c2cccc3cccnc23)CC1. The molecule has 1 aromatic carbocycles. The Bertz CT molecular complexity index is 616. The molecule has 1 fully saturated rings. The lowest BCUT2D eigenvalue weighted by Gasteiger charge is -2.35. The summed E-state index contributed by atoms with van der Waals surface area (Å²) in [6, 6.07) is 10.2. The number of fused-ring (bicyclic) bond motifs is 1. The molecule has 1 aliphatic heterocycles. The molecule has 1 aliphatic rings. The second kappa shape index (κ2) is 5.36. The van der Waals surface area contributed by atoms with Crippen molar-refractivity contribution in [3.8, 4) is 0 Å². The molecule has 0 saturated carbocycles. The molecule has 0 bridgehead atoms. The Kier molecular flexibility index (Phi) is 3.41. The summed E-state index contributed by atoms with van der Waals surface area (Å²) in [7, 11) is 1.42. The van der Waals surface area contributed by atoms with E-state index < -0.39 is 0 Å². The predicted molar refractivity (Wildman–Crippen MR) is 77.9 cm³/mol. The van der Waals surface area contributed by atoms with Crippen molar-refractivity contribution in [1.29, 1.82) is 0 Å². The van der Waals surface area contributed by atoms with E-state index in [0.717, 1.165) is 29.7 Å². The first-order valence-corrected chi connectivity index (χ1v) is 6.71. The molecule has 0 atom stereocenters. The lowest BCUT2D eigenvalue weighted by Crippen LogP contribution is -2.48. The Labute approximate surface area is 117 Å². The van der Waals surface area contributed by atoms with Crippen molar-refractivity contribution in [2.45, 2.75) is 0 Å². The Morgan fingerprint density at radius 3 is 2.65 bits per heavy atom. The highest BCUT2D eigenvalue weighted by Crippen LogP contribution is 2.25. The minimum absolute atomic E-state index is 0.249. The molecule has 5 nitrogen and oxygen atoms in total. The second-order valence-corrected chi connectivity index (χ2v) is 4.80. The Hall–Kier alpha value is -2.30. The van der Waals surface area contributed by atoms with E-state index in [1.807, 2.05) is 18.3 Å². The molecule has 0 spiro atoms. The van der Waals surface area contributed by atoms with Crippen LogP contribution in [0, 0.1) is 0 Å². The van der Waals surface area contributed by atoms with Crippen molar-refractivity contribution < 1.29 is 9.53 Å². The van der Waals surface area contributed by atoms with Gasteiger partial charge in [0.05, 0.1) is 18.3 Å². The summed E-state index contributed by atoms with van der Waals surface area (Å²) < 4.78 is 4.76. The number of carbonyl (C=O) groups is 1. The van der Waals surface area contributed by atoms with Crippen molar-refractivity contribution in [1.82, 2.24) is 9.88 Å². The molecule has 0 unspecified atom stereocenters. The van der Waals surface area contributed by atoms with E-state index in [2.05, 4.69) is 28.1 Å². The van der Waals surface area contributed by atoms with Crippen LogP contribution in [0.3, 0.4) is 0 Å². The molecule has 3 rings (SSSR count). The van der Waals surface area contributed by atoms with E-state index in [1.54, 1.807) is 4.90 Å². The van der Waals surface area contributed by atoms with Gasteiger partial charge < -0.3 is 14.5 Å². The zero-order valence-electron chi connectivity index (χ0n) is 11.5. The lowest BCUT2D eigenvalue weighted by atomic mass is 10.1. The summed E-state index contributed by atoms with van der Waals surface area (Å²) >= 11 is 0. The zero-order chi connectivity index (χ0) is 13.9. The van der Waals surface area contributed by atoms with Crippen molar-refractivity contribution in [3.63, 3.8) is 0 Å². The highest BCUT2D eigenvalue weighted by atomic mass is 16.5. The van der Waals surface area contributed by atoms with Crippen LogP contribution in [-0.2, 0) is 4.74 Å². The Morgan fingerprint density at radius 1 is 1.15 bits per heavy atom. The molecule has 2 aromatic rings. The Balaban J connectivity index is 1.82. The van der Waals surface area contributed by atoms with Gasteiger partial charge in [-0.2, -0.15) is 0 Å². The number of ether oxygens (including phenoxy) is 1. The van der Waals surface area contributed by atoms with Crippen LogP contribution < -0.4 is 4.90 Å². The molecule has 20 heavy (non-hydrogen) atoms. The highest BCUT2D eigenvalue weighted by molar-refractivity contribution is 5.90. The minimum Gasteiger partial charge on any atom is -0.453 e. The van der Waals surface area contributed by atoms with Gasteiger partial charge in [-0.3, -0.25) is 4.98 Å². The molecular formula is C15H17N3O2. The summed E-state index contributed by atoms with van der Waals surface area (Å²) in [5, 5.41) is 1.14. The van der Waals surface area contributed by atoms with Crippen LogP contribution in [0.1, 0.15) is 0 Å². The standard InChI is InChI=1S/C15H17N3O2/c1-20-15(19)18-10-8-17(9-11-18)13-6-2-4-12-5-3-7-16-14(12)13/h2-7H,8-11H2,1H3. The first-order valence-electron chi connectivity index (χ1n) is 6.71. The summed E-state index contributed by atoms with van der Waals surface area (Å²) in [6.45, 7) is 2.95. The number of anilines is 1. The van der Waals surface area contributed by atoms with E-state index >= 15 is 0 Å². The van der Waals surface area contributed by atoms with Gasteiger partial charge in [-0.15, -0.1) is 0 Å². The number of para-hydroxylation sites is 1. The van der Waals surface area contributed by atoms with Gasteiger partial charge in [0.15, 0.2) is 0 Å². The smallest absolute Gasteiger partial charge is 0.409 e. The molecule has 1 amide bonds. The van der Waals surface area contributed by atoms with Crippen molar-refractivity contribution in [3.05, 3.63) is 36.5 Å². The number of rotatable bonds is 1. The summed E-state index contributed by atoms with van der Waals surface area (Å²) in [5.74, 6) is 0. The van der Waals surface area contributed by atoms with Crippen LogP contribution in [0.25, 0.3) is 10.9 Å². The number of hydrogen-bond donors (Lipinski definition) is 0. The maximum Gasteiger partial charge on any atom is 0.409 e. The van der Waals surface area contributed by atoms with Crippen LogP contribution >= 0.6 is 0 Å². The summed E-state index contributed by atoms with van der Waals surface area (Å²) in [5.41, 5.74) is 2.15. The molecule has 1 saturated heterocycles. The number of aromatic nitrogens is 1. The van der Waals surface area contributed by atoms with Gasteiger partial charge in [-0.05, 0) is 12.1 Å². The Morgan fingerprint density at radius 2 is 1.90 bits per heavy atom. The highest BCUT2D eigenvalue weighted by Gasteiger charge is 2.22. The van der Waals surface area contributed by atoms with Gasteiger partial charge in [-0.1, -0.05) is 18.2 Å². The molecule has 0 N–H and O–H groups in total. The number of piperazine rings is 1. The molecule has 1 aromatic heterocycles. The van der Waals surface area contributed by atoms with Gasteiger partial charge in [0.2, 0.25) is 0 Å². The van der Waals surface area contributed by atoms with E-state index in [9.17, 15) is 4.79 Å². The normalized spacial score (nSPS) is 15.4. The third kappa shape index (κ3) is 2.27. The zero-order valence-corrected chi connectivity index (χ0v) is 11.5. The molecule has 5 heteroatoms. The van der Waals surface area contributed by atoms with Crippen LogP contribution in [-0.4, -0.2) is 49.3 Å². The third-order valence-corrected chi connectivity index (χ3v) is 3.66. The van der Waals surface area contributed by atoms with Crippen LogP contribution in [0.2, 0.25) is 0 Å². The molecule has 0 aliphatic carbocycles. The van der Waals surface area contributed by atoms with Gasteiger partial charge in [0, 0.05) is 37.8 Å². The number of pyridine rings is 1. The van der Waals surface area contributed by atoms with E-state index in [-0.39, 0.29) is 6.09 Å². The molecule has 2 heterocycles. The number of nitrogens with zero attached hydrogens (tertiary/aromatic N) is 3. The maximum absolute atomic E-state index is 11.5. The maximum atomic E-state index is 11.5. The van der Waals surface area contributed by atoms with E-state index in [0.29, 0.717) is 13.1 Å². The fourth-order valence-corrected chi connectivity index (χ4v) is 2.60. The largest absolute Gasteiger partial charge is 0.453 e. The first-order chi connectivity index (χ1) is 9.79. The number of hydrogen-bond acceptors (Lipinski definition) is 4. The van der Waals surface area contributed by atoms with Crippen molar-refractivity contribution in [2.24, 2.45) is 0 Å². The fourth-order valence-electron chi connectivity index (χ4n) is 2.60. The van der Waals surface area contributed by atoms with Crippen LogP contribution in [0.4, 0.5) is 10.5 Å². The van der Waals surface area contributed by atoms with E-state index in [4.69, 9.17) is 4.74 Å². The number of benzene rings is 1.